The second-order valence-corrected chi connectivity index (χ2v) is 5.90. The normalized spacial score (nSPS) is 10.6. The van der Waals surface area contributed by atoms with Crippen LogP contribution < -0.4 is 5.32 Å². The molecule has 0 heterocycles. The van der Waals surface area contributed by atoms with E-state index in [9.17, 15) is 14.0 Å². The zero-order valence-corrected chi connectivity index (χ0v) is 14.6. The van der Waals surface area contributed by atoms with Crippen molar-refractivity contribution < 1.29 is 18.7 Å². The van der Waals surface area contributed by atoms with E-state index in [4.69, 9.17) is 11.6 Å². The van der Waals surface area contributed by atoms with Gasteiger partial charge in [0.1, 0.15) is 5.82 Å². The van der Waals surface area contributed by atoms with Gasteiger partial charge in [0.2, 0.25) is 5.91 Å². The second-order valence-electron chi connectivity index (χ2n) is 5.49. The molecule has 5 nitrogen and oxygen atoms in total. The van der Waals surface area contributed by atoms with Gasteiger partial charge in [-0.1, -0.05) is 17.7 Å². The number of carbonyl (C=O) groups excluding carboxylic acids is 2. The Bertz CT molecular complexity index is 745. The van der Waals surface area contributed by atoms with Crippen molar-refractivity contribution in [3.63, 3.8) is 0 Å². The first-order chi connectivity index (χ1) is 11.9. The molecule has 0 saturated carbocycles. The van der Waals surface area contributed by atoms with Crippen molar-refractivity contribution in [2.75, 3.05) is 26.0 Å². The summed E-state index contributed by atoms with van der Waals surface area (Å²) >= 11 is 5.99. The number of anilines is 1. The van der Waals surface area contributed by atoms with Crippen molar-refractivity contribution >= 4 is 29.2 Å². The van der Waals surface area contributed by atoms with Crippen molar-refractivity contribution in [1.82, 2.24) is 4.90 Å². The predicted octanol–water partition coefficient (Wildman–Crippen LogP) is 3.34. The Morgan fingerprint density at radius 2 is 1.88 bits per heavy atom. The van der Waals surface area contributed by atoms with Gasteiger partial charge in [-0.25, -0.2) is 9.18 Å². The number of ether oxygens (including phenoxy) is 1. The molecule has 2 aromatic carbocycles. The number of carbonyl (C=O) groups is 2. The van der Waals surface area contributed by atoms with Crippen LogP contribution in [-0.4, -0.2) is 37.5 Å². The van der Waals surface area contributed by atoms with Gasteiger partial charge in [-0.2, -0.15) is 0 Å². The van der Waals surface area contributed by atoms with Crippen LogP contribution in [0.4, 0.5) is 10.1 Å². The Kier molecular flexibility index (Phi) is 6.50. The number of likely N-dealkylation sites (N-methyl/N-ethyl adjacent to an activating group) is 1. The number of methoxy groups -OCH3 is 1. The first-order valence-corrected chi connectivity index (χ1v) is 7.88. The summed E-state index contributed by atoms with van der Waals surface area (Å²) in [7, 11) is 3.00. The molecule has 7 heteroatoms. The third kappa shape index (κ3) is 5.27. The van der Waals surface area contributed by atoms with Crippen LogP contribution in [0.25, 0.3) is 0 Å². The Balaban J connectivity index is 1.92. The lowest BCUT2D eigenvalue weighted by atomic mass is 10.2. The Labute approximate surface area is 150 Å². The average Bonchev–Trinajstić information content (AvgIpc) is 2.58. The van der Waals surface area contributed by atoms with Crippen LogP contribution in [-0.2, 0) is 16.1 Å². The van der Waals surface area contributed by atoms with Crippen LogP contribution in [0.2, 0.25) is 5.02 Å². The van der Waals surface area contributed by atoms with Gasteiger partial charge in [0, 0.05) is 22.8 Å². The fraction of sp³-hybridized carbons (Fsp3) is 0.222. The molecule has 0 aromatic heterocycles. The number of nitrogens with zero attached hydrogens (tertiary/aromatic N) is 1. The van der Waals surface area contributed by atoms with Crippen LogP contribution in [0.1, 0.15) is 15.9 Å². The molecule has 0 unspecified atom stereocenters. The highest BCUT2D eigenvalue weighted by atomic mass is 35.5. The van der Waals surface area contributed by atoms with Gasteiger partial charge in [-0.3, -0.25) is 9.69 Å². The van der Waals surface area contributed by atoms with E-state index in [0.29, 0.717) is 21.8 Å². The first kappa shape index (κ1) is 18.9. The van der Waals surface area contributed by atoms with E-state index in [2.05, 4.69) is 10.1 Å². The highest BCUT2D eigenvalue weighted by molar-refractivity contribution is 6.31. The first-order valence-electron chi connectivity index (χ1n) is 7.50. The van der Waals surface area contributed by atoms with Crippen molar-refractivity contribution in [2.45, 2.75) is 6.54 Å². The lowest BCUT2D eigenvalue weighted by Gasteiger charge is -2.17. The van der Waals surface area contributed by atoms with Gasteiger partial charge in [0.25, 0.3) is 0 Å². The zero-order chi connectivity index (χ0) is 18.4. The largest absolute Gasteiger partial charge is 0.465 e. The summed E-state index contributed by atoms with van der Waals surface area (Å²) in [6, 6.07) is 10.8. The minimum atomic E-state index is -0.445. The summed E-state index contributed by atoms with van der Waals surface area (Å²) < 4.78 is 18.4. The average molecular weight is 365 g/mol. The second kappa shape index (κ2) is 8.60. The molecule has 0 aliphatic rings. The monoisotopic (exact) mass is 364 g/mol. The standard InChI is InChI=1S/C18H18ClFN2O3/c1-22(10-14-15(19)4-3-5-16(14)20)11-17(23)21-13-8-6-12(7-9-13)18(24)25-2/h3-9H,10-11H2,1-2H3,(H,21,23). The summed E-state index contributed by atoms with van der Waals surface area (Å²) in [6.07, 6.45) is 0. The minimum absolute atomic E-state index is 0.0589. The molecule has 0 spiro atoms. The molecule has 1 amide bonds. The molecule has 25 heavy (non-hydrogen) atoms. The van der Waals surface area contributed by atoms with Crippen LogP contribution in [0.15, 0.2) is 42.5 Å². The Morgan fingerprint density at radius 1 is 1.20 bits per heavy atom. The Hall–Kier alpha value is -2.44. The molecule has 0 fully saturated rings. The maximum atomic E-state index is 13.8. The Morgan fingerprint density at radius 3 is 2.48 bits per heavy atom. The van der Waals surface area contributed by atoms with Gasteiger partial charge in [0.05, 0.1) is 19.2 Å². The van der Waals surface area contributed by atoms with Crippen LogP contribution in [0.3, 0.4) is 0 Å². The quantitative estimate of drug-likeness (QED) is 0.799. The summed E-state index contributed by atoms with van der Waals surface area (Å²) in [6.45, 7) is 0.267. The van der Waals surface area contributed by atoms with E-state index in [1.807, 2.05) is 0 Å². The summed E-state index contributed by atoms with van der Waals surface area (Å²) in [4.78, 5) is 25.1. The number of halogens is 2. The van der Waals surface area contributed by atoms with E-state index in [-0.39, 0.29) is 19.0 Å². The van der Waals surface area contributed by atoms with Crippen molar-refractivity contribution in [3.05, 3.63) is 64.4 Å². The van der Waals surface area contributed by atoms with E-state index in [1.54, 1.807) is 42.3 Å². The van der Waals surface area contributed by atoms with Gasteiger partial charge in [-0.15, -0.1) is 0 Å². The molecule has 0 aliphatic carbocycles. The number of benzene rings is 2. The lowest BCUT2D eigenvalue weighted by Crippen LogP contribution is -2.30. The molecular weight excluding hydrogens is 347 g/mol. The highest BCUT2D eigenvalue weighted by Crippen LogP contribution is 2.20. The smallest absolute Gasteiger partial charge is 0.337 e. The van der Waals surface area contributed by atoms with Gasteiger partial charge in [-0.05, 0) is 43.4 Å². The van der Waals surface area contributed by atoms with Crippen molar-refractivity contribution in [2.24, 2.45) is 0 Å². The highest BCUT2D eigenvalue weighted by Gasteiger charge is 2.13. The summed E-state index contributed by atoms with van der Waals surface area (Å²) in [5, 5.41) is 3.04. The summed E-state index contributed by atoms with van der Waals surface area (Å²) in [5.41, 5.74) is 1.30. The van der Waals surface area contributed by atoms with Gasteiger partial charge >= 0.3 is 5.97 Å². The SMILES string of the molecule is COC(=O)c1ccc(NC(=O)CN(C)Cc2c(F)cccc2Cl)cc1. The molecule has 2 rings (SSSR count). The maximum Gasteiger partial charge on any atom is 0.337 e. The number of rotatable bonds is 6. The molecule has 0 aliphatic heterocycles. The lowest BCUT2D eigenvalue weighted by molar-refractivity contribution is -0.117. The number of hydrogen-bond donors (Lipinski definition) is 1. The molecular formula is C18H18ClFN2O3. The van der Waals surface area contributed by atoms with E-state index in [0.717, 1.165) is 0 Å². The van der Waals surface area contributed by atoms with Crippen molar-refractivity contribution in [3.8, 4) is 0 Å². The third-order valence-corrected chi connectivity index (χ3v) is 3.85. The number of hydrogen-bond acceptors (Lipinski definition) is 4. The number of nitrogens with one attached hydrogen (secondary N) is 1. The zero-order valence-electron chi connectivity index (χ0n) is 13.9. The van der Waals surface area contributed by atoms with Crippen molar-refractivity contribution in [1.29, 1.82) is 0 Å². The minimum Gasteiger partial charge on any atom is -0.465 e. The fourth-order valence-electron chi connectivity index (χ4n) is 2.26. The maximum absolute atomic E-state index is 13.8. The number of esters is 1. The number of amides is 1. The topological polar surface area (TPSA) is 58.6 Å². The molecule has 0 saturated heterocycles. The van der Waals surface area contributed by atoms with Crippen LogP contribution in [0.5, 0.6) is 0 Å². The van der Waals surface area contributed by atoms with Gasteiger partial charge in [0.15, 0.2) is 0 Å². The van der Waals surface area contributed by atoms with Crippen LogP contribution >= 0.6 is 11.6 Å². The molecule has 1 N–H and O–H groups in total. The molecule has 0 radical (unpaired) electrons. The van der Waals surface area contributed by atoms with E-state index < -0.39 is 11.8 Å². The van der Waals surface area contributed by atoms with E-state index >= 15 is 0 Å². The summed E-state index contributed by atoms with van der Waals surface area (Å²) in [5.74, 6) is -1.11. The van der Waals surface area contributed by atoms with Gasteiger partial charge < -0.3 is 10.1 Å². The molecule has 2 aromatic rings. The third-order valence-electron chi connectivity index (χ3n) is 3.49. The van der Waals surface area contributed by atoms with Crippen LogP contribution in [0, 0.1) is 5.82 Å². The van der Waals surface area contributed by atoms with E-state index in [1.165, 1.54) is 19.2 Å². The predicted molar refractivity (Wildman–Crippen MR) is 94.2 cm³/mol. The molecule has 0 atom stereocenters. The fourth-order valence-corrected chi connectivity index (χ4v) is 2.49. The molecule has 132 valence electrons. The molecule has 0 bridgehead atoms.